The van der Waals surface area contributed by atoms with Gasteiger partial charge in [-0.15, -0.1) is 11.7 Å². The van der Waals surface area contributed by atoms with Gasteiger partial charge in [-0.1, -0.05) is 23.6 Å². The summed E-state index contributed by atoms with van der Waals surface area (Å²) in [5, 5.41) is -0.106. The number of aliphatic imine (C=N–C) groups is 2. The third kappa shape index (κ3) is 8.08. The minimum Gasteiger partial charge on any atom is -0.211 e. The number of rotatable bonds is 8. The number of thiol groups is 1. The number of carbonyl (C=O) groups excluding carboxylic acids is 2. The molecule has 0 fully saturated rings. The number of hydrogen-bond acceptors (Lipinski definition) is 6. The first-order valence-corrected chi connectivity index (χ1v) is 6.19. The normalized spacial score (nSPS) is 11.2. The molecule has 14 heavy (non-hydrogen) atoms. The molecule has 0 rings (SSSR count). The van der Waals surface area contributed by atoms with Gasteiger partial charge in [0.05, 0.1) is 6.54 Å². The van der Waals surface area contributed by atoms with Crippen molar-refractivity contribution in [2.24, 2.45) is 9.98 Å². The van der Waals surface area contributed by atoms with Crippen molar-refractivity contribution in [2.45, 2.75) is 31.1 Å². The zero-order valence-corrected chi connectivity index (χ0v) is 9.39. The number of unbranched alkanes of at least 4 members (excludes halogenated alkanes) is 2. The summed E-state index contributed by atoms with van der Waals surface area (Å²) in [6, 6.07) is 0. The minimum absolute atomic E-state index is 0.106. The second kappa shape index (κ2) is 10.5. The highest BCUT2D eigenvalue weighted by Gasteiger charge is 2.03. The van der Waals surface area contributed by atoms with Crippen LogP contribution in [0.4, 0.5) is 0 Å². The Morgan fingerprint density at radius 1 is 1.21 bits per heavy atom. The summed E-state index contributed by atoms with van der Waals surface area (Å²) in [4.78, 5) is 26.7. The van der Waals surface area contributed by atoms with Crippen LogP contribution in [0.5, 0.6) is 0 Å². The fourth-order valence-corrected chi connectivity index (χ4v) is 1.75. The first-order chi connectivity index (χ1) is 6.85. The van der Waals surface area contributed by atoms with Gasteiger partial charge in [-0.3, -0.25) is 0 Å². The van der Waals surface area contributed by atoms with Crippen molar-refractivity contribution in [1.29, 1.82) is 0 Å². The Morgan fingerprint density at radius 3 is 2.57 bits per heavy atom. The summed E-state index contributed by atoms with van der Waals surface area (Å²) in [6.07, 6.45) is 6.57. The zero-order chi connectivity index (χ0) is 10.6. The van der Waals surface area contributed by atoms with Crippen molar-refractivity contribution in [3.05, 3.63) is 0 Å². The molecule has 0 spiro atoms. The first-order valence-electron chi connectivity index (χ1n) is 4.26. The molecule has 0 aromatic heterocycles. The molecule has 4 nitrogen and oxygen atoms in total. The number of nitrogens with zero attached hydrogens (tertiary/aromatic N) is 2. The fourth-order valence-electron chi connectivity index (χ4n) is 0.932. The lowest BCUT2D eigenvalue weighted by atomic mass is 10.2. The molecule has 0 aromatic carbocycles. The molecule has 0 bridgehead atoms. The van der Waals surface area contributed by atoms with E-state index in [0.29, 0.717) is 6.54 Å². The molecule has 0 saturated carbocycles. The van der Waals surface area contributed by atoms with Crippen LogP contribution in [-0.4, -0.2) is 24.1 Å². The number of isocyanates is 2. The lowest BCUT2D eigenvalue weighted by Crippen LogP contribution is -1.96. The Kier molecular flexibility index (Phi) is 10.1. The van der Waals surface area contributed by atoms with Gasteiger partial charge in [0, 0.05) is 0 Å². The molecule has 0 heterocycles. The van der Waals surface area contributed by atoms with E-state index in [2.05, 4.69) is 21.6 Å². The summed E-state index contributed by atoms with van der Waals surface area (Å²) < 4.78 is 0. The van der Waals surface area contributed by atoms with Gasteiger partial charge in [-0.05, 0) is 12.8 Å². The van der Waals surface area contributed by atoms with Gasteiger partial charge in [0.2, 0.25) is 12.2 Å². The Labute approximate surface area is 92.1 Å². The van der Waals surface area contributed by atoms with Gasteiger partial charge >= 0.3 is 0 Å². The van der Waals surface area contributed by atoms with Crippen molar-refractivity contribution in [3.63, 3.8) is 0 Å². The van der Waals surface area contributed by atoms with Gasteiger partial charge in [0.1, 0.15) is 5.37 Å². The lowest BCUT2D eigenvalue weighted by Gasteiger charge is -2.04. The molecule has 6 heteroatoms. The van der Waals surface area contributed by atoms with Gasteiger partial charge in [0.25, 0.3) is 0 Å². The Bertz CT molecular complexity index is 235. The van der Waals surface area contributed by atoms with Crippen LogP contribution in [0.2, 0.25) is 0 Å². The average molecular weight is 232 g/mol. The molecular weight excluding hydrogens is 220 g/mol. The van der Waals surface area contributed by atoms with E-state index in [1.165, 1.54) is 23.0 Å². The van der Waals surface area contributed by atoms with Crippen LogP contribution in [0.25, 0.3) is 0 Å². The van der Waals surface area contributed by atoms with Crippen molar-refractivity contribution < 1.29 is 9.59 Å². The highest BCUT2D eigenvalue weighted by Crippen LogP contribution is 2.21. The van der Waals surface area contributed by atoms with Crippen molar-refractivity contribution >= 4 is 34.6 Å². The maximum absolute atomic E-state index is 9.95. The maximum Gasteiger partial charge on any atom is 0.236 e. The monoisotopic (exact) mass is 232 g/mol. The zero-order valence-electron chi connectivity index (χ0n) is 7.68. The van der Waals surface area contributed by atoms with Crippen LogP contribution in [0, 0.1) is 0 Å². The Morgan fingerprint density at radius 2 is 2.00 bits per heavy atom. The first kappa shape index (κ1) is 13.5. The quantitative estimate of drug-likeness (QED) is 0.229. The minimum atomic E-state index is -0.106. The highest BCUT2D eigenvalue weighted by atomic mass is 33.1. The Balaban J connectivity index is 3.41. The molecule has 0 radical (unpaired) electrons. The van der Waals surface area contributed by atoms with Gasteiger partial charge in [-0.25, -0.2) is 14.6 Å². The largest absolute Gasteiger partial charge is 0.236 e. The van der Waals surface area contributed by atoms with E-state index in [4.69, 9.17) is 0 Å². The summed E-state index contributed by atoms with van der Waals surface area (Å²) in [5.74, 6) is 0. The SMILES string of the molecule is O=C=NCCCCCC(N=C=O)SS. The Hall–Kier alpha value is -0.540. The molecular formula is C8H12N2O2S2. The van der Waals surface area contributed by atoms with E-state index < -0.39 is 0 Å². The van der Waals surface area contributed by atoms with Crippen LogP contribution in [0.3, 0.4) is 0 Å². The van der Waals surface area contributed by atoms with Crippen molar-refractivity contribution in [2.75, 3.05) is 6.54 Å². The molecule has 1 atom stereocenters. The van der Waals surface area contributed by atoms with E-state index in [1.807, 2.05) is 0 Å². The molecule has 78 valence electrons. The van der Waals surface area contributed by atoms with Crippen LogP contribution < -0.4 is 0 Å². The van der Waals surface area contributed by atoms with E-state index in [-0.39, 0.29) is 5.37 Å². The van der Waals surface area contributed by atoms with Crippen LogP contribution in [0.1, 0.15) is 25.7 Å². The van der Waals surface area contributed by atoms with Crippen LogP contribution in [0.15, 0.2) is 9.98 Å². The van der Waals surface area contributed by atoms with E-state index in [0.717, 1.165) is 25.7 Å². The predicted octanol–water partition coefficient (Wildman–Crippen LogP) is 2.12. The number of hydrogen-bond donors (Lipinski definition) is 1. The second-order valence-electron chi connectivity index (χ2n) is 2.60. The van der Waals surface area contributed by atoms with Crippen LogP contribution in [-0.2, 0) is 9.59 Å². The highest BCUT2D eigenvalue weighted by molar-refractivity contribution is 8.68. The van der Waals surface area contributed by atoms with Gasteiger partial charge in [0.15, 0.2) is 0 Å². The standard InChI is InChI=1S/C8H12N2O2S2/c11-6-9-5-3-1-2-4-8(14-13)10-7-12/h8,13H,1-5H2. The predicted molar refractivity (Wildman–Crippen MR) is 59.9 cm³/mol. The van der Waals surface area contributed by atoms with E-state index in [1.54, 1.807) is 0 Å². The maximum atomic E-state index is 9.95. The molecule has 0 aliphatic heterocycles. The molecule has 0 N–H and O–H groups in total. The second-order valence-corrected chi connectivity index (χ2v) is 3.99. The van der Waals surface area contributed by atoms with E-state index >= 15 is 0 Å². The van der Waals surface area contributed by atoms with Crippen LogP contribution >= 0.6 is 22.5 Å². The molecule has 0 saturated heterocycles. The smallest absolute Gasteiger partial charge is 0.211 e. The fraction of sp³-hybridized carbons (Fsp3) is 0.750. The van der Waals surface area contributed by atoms with Gasteiger partial charge in [-0.2, -0.15) is 4.99 Å². The van der Waals surface area contributed by atoms with Crippen molar-refractivity contribution in [3.8, 4) is 0 Å². The summed E-state index contributed by atoms with van der Waals surface area (Å²) in [5.41, 5.74) is 0. The summed E-state index contributed by atoms with van der Waals surface area (Å²) in [6.45, 7) is 0.527. The molecule has 0 aliphatic carbocycles. The van der Waals surface area contributed by atoms with E-state index in [9.17, 15) is 9.59 Å². The topological polar surface area (TPSA) is 58.9 Å². The molecule has 0 aliphatic rings. The molecule has 1 unspecified atom stereocenters. The molecule has 0 amide bonds. The summed E-state index contributed by atoms with van der Waals surface area (Å²) >= 11 is 3.98. The third-order valence-electron chi connectivity index (χ3n) is 1.60. The van der Waals surface area contributed by atoms with Crippen molar-refractivity contribution in [1.82, 2.24) is 0 Å². The average Bonchev–Trinajstić information content (AvgIpc) is 2.21. The summed E-state index contributed by atoms with van der Waals surface area (Å²) in [7, 11) is 1.24. The third-order valence-corrected chi connectivity index (χ3v) is 2.92. The van der Waals surface area contributed by atoms with Gasteiger partial charge < -0.3 is 0 Å². The lowest BCUT2D eigenvalue weighted by molar-refractivity contribution is 0.556. The molecule has 0 aromatic rings.